The molecule has 0 atom stereocenters. The third-order valence-corrected chi connectivity index (χ3v) is 4.96. The van der Waals surface area contributed by atoms with Gasteiger partial charge in [0.2, 0.25) is 11.9 Å². The van der Waals surface area contributed by atoms with Crippen LogP contribution in [0, 0.1) is 0 Å². The van der Waals surface area contributed by atoms with Crippen LogP contribution in [0.2, 0.25) is 0 Å². The maximum Gasteiger partial charge on any atom is 0.240 e. The van der Waals surface area contributed by atoms with Crippen LogP contribution in [0.1, 0.15) is 19.3 Å². The van der Waals surface area contributed by atoms with Crippen molar-refractivity contribution in [1.82, 2.24) is 24.6 Å². The molecule has 0 bridgehead atoms. The Morgan fingerprint density at radius 1 is 1.31 bits per heavy atom. The summed E-state index contributed by atoms with van der Waals surface area (Å²) >= 11 is 0. The number of aromatic nitrogens is 4. The molecule has 4 rings (SSSR count). The van der Waals surface area contributed by atoms with Crippen LogP contribution < -0.4 is 5.32 Å². The van der Waals surface area contributed by atoms with Gasteiger partial charge in [-0.05, 0) is 31.5 Å². The predicted octanol–water partition coefficient (Wildman–Crippen LogP) is 2.45. The van der Waals surface area contributed by atoms with Gasteiger partial charge >= 0.3 is 0 Å². The highest BCUT2D eigenvalue weighted by atomic mass is 16.2. The van der Waals surface area contributed by atoms with Crippen molar-refractivity contribution in [2.24, 2.45) is 7.05 Å². The highest BCUT2D eigenvalue weighted by Crippen LogP contribution is 2.24. The van der Waals surface area contributed by atoms with E-state index in [-0.39, 0.29) is 5.91 Å². The molecule has 1 N–H and O–H groups in total. The molecule has 1 amide bonds. The fourth-order valence-electron chi connectivity index (χ4n) is 3.18. The minimum atomic E-state index is -0.0813. The van der Waals surface area contributed by atoms with Crippen molar-refractivity contribution in [3.8, 4) is 11.1 Å². The van der Waals surface area contributed by atoms with E-state index in [1.165, 1.54) is 19.3 Å². The van der Waals surface area contributed by atoms with E-state index in [2.05, 4.69) is 25.3 Å². The number of hydrogen-bond acceptors (Lipinski definition) is 5. The number of likely N-dealkylation sites (N-methyl/N-ethyl adjacent to an activating group) is 1. The highest BCUT2D eigenvalue weighted by Gasteiger charge is 2.23. The minimum absolute atomic E-state index is 0.0813. The summed E-state index contributed by atoms with van der Waals surface area (Å²) in [6.07, 6.45) is 9.12. The Balaban J connectivity index is 1.51. The van der Waals surface area contributed by atoms with E-state index in [4.69, 9.17) is 0 Å². The van der Waals surface area contributed by atoms with Crippen LogP contribution in [0.4, 0.5) is 5.95 Å². The SMILES string of the molecule is CN(CC(=O)Nc1ncc2ccc(-c3cnn(C)c3)cc2n1)C1CCC1. The fraction of sp³-hybridized carbons (Fsp3) is 0.368. The van der Waals surface area contributed by atoms with Gasteiger partial charge in [-0.2, -0.15) is 5.10 Å². The molecule has 1 aliphatic rings. The zero-order chi connectivity index (χ0) is 18.1. The van der Waals surface area contributed by atoms with Crippen molar-refractivity contribution in [3.63, 3.8) is 0 Å². The molecule has 26 heavy (non-hydrogen) atoms. The first-order valence-electron chi connectivity index (χ1n) is 8.84. The standard InChI is InChI=1S/C19H22N6O/c1-24(16-4-3-5-16)12-18(26)23-19-20-9-14-7-6-13(8-17(14)22-19)15-10-21-25(2)11-15/h6-11,16H,3-5,12H2,1-2H3,(H,20,22,23,26). The predicted molar refractivity (Wildman–Crippen MR) is 101 cm³/mol. The summed E-state index contributed by atoms with van der Waals surface area (Å²) in [4.78, 5) is 23.1. The number of aryl methyl sites for hydroxylation is 1. The van der Waals surface area contributed by atoms with Crippen LogP contribution in [-0.2, 0) is 11.8 Å². The molecule has 7 heteroatoms. The Morgan fingerprint density at radius 3 is 2.85 bits per heavy atom. The second kappa shape index (κ2) is 6.84. The highest BCUT2D eigenvalue weighted by molar-refractivity contribution is 5.92. The summed E-state index contributed by atoms with van der Waals surface area (Å²) in [6.45, 7) is 0.363. The maximum atomic E-state index is 12.3. The van der Waals surface area contributed by atoms with Crippen LogP contribution in [0.15, 0.2) is 36.8 Å². The molecule has 0 aliphatic heterocycles. The Morgan fingerprint density at radius 2 is 2.15 bits per heavy atom. The van der Waals surface area contributed by atoms with E-state index in [0.717, 1.165) is 22.0 Å². The second-order valence-corrected chi connectivity index (χ2v) is 6.92. The van der Waals surface area contributed by atoms with Crippen LogP contribution >= 0.6 is 0 Å². The van der Waals surface area contributed by atoms with E-state index in [9.17, 15) is 4.79 Å². The van der Waals surface area contributed by atoms with Crippen molar-refractivity contribution in [1.29, 1.82) is 0 Å². The lowest BCUT2D eigenvalue weighted by atomic mass is 9.92. The quantitative estimate of drug-likeness (QED) is 0.765. The molecular formula is C19H22N6O. The Hall–Kier alpha value is -2.80. The second-order valence-electron chi connectivity index (χ2n) is 6.92. The number of nitrogens with one attached hydrogen (secondary N) is 1. The summed E-state index contributed by atoms with van der Waals surface area (Å²) in [5, 5.41) is 7.95. The Bertz CT molecular complexity index is 946. The number of fused-ring (bicyclic) bond motifs is 1. The average Bonchev–Trinajstić information content (AvgIpc) is 2.98. The van der Waals surface area contributed by atoms with Crippen LogP contribution in [-0.4, -0.2) is 50.2 Å². The average molecular weight is 350 g/mol. The lowest BCUT2D eigenvalue weighted by Gasteiger charge is -2.34. The monoisotopic (exact) mass is 350 g/mol. The molecule has 1 aromatic carbocycles. The number of carbonyl (C=O) groups excluding carboxylic acids is 1. The van der Waals surface area contributed by atoms with Crippen molar-refractivity contribution in [2.45, 2.75) is 25.3 Å². The van der Waals surface area contributed by atoms with Gasteiger partial charge in [0, 0.05) is 36.4 Å². The molecular weight excluding hydrogens is 328 g/mol. The number of carbonyl (C=O) groups is 1. The maximum absolute atomic E-state index is 12.3. The number of amides is 1. The van der Waals surface area contributed by atoms with Crippen molar-refractivity contribution in [3.05, 3.63) is 36.8 Å². The van der Waals surface area contributed by atoms with Gasteiger partial charge in [-0.15, -0.1) is 0 Å². The zero-order valence-corrected chi connectivity index (χ0v) is 15.0. The summed E-state index contributed by atoms with van der Waals surface area (Å²) in [5.74, 6) is 0.259. The lowest BCUT2D eigenvalue weighted by molar-refractivity contribution is -0.117. The first-order valence-corrected chi connectivity index (χ1v) is 8.84. The van der Waals surface area contributed by atoms with Gasteiger partial charge in [0.15, 0.2) is 0 Å². The fourth-order valence-corrected chi connectivity index (χ4v) is 3.18. The Kier molecular flexibility index (Phi) is 4.38. The smallest absolute Gasteiger partial charge is 0.240 e. The van der Waals surface area contributed by atoms with Crippen LogP contribution in [0.25, 0.3) is 22.0 Å². The molecule has 1 saturated carbocycles. The normalized spacial score (nSPS) is 14.6. The topological polar surface area (TPSA) is 75.9 Å². The molecule has 0 radical (unpaired) electrons. The molecule has 0 unspecified atom stereocenters. The minimum Gasteiger partial charge on any atom is -0.295 e. The zero-order valence-electron chi connectivity index (χ0n) is 15.0. The Labute approximate surface area is 152 Å². The van der Waals surface area contributed by atoms with E-state index in [1.807, 2.05) is 44.7 Å². The van der Waals surface area contributed by atoms with Crippen LogP contribution in [0.3, 0.4) is 0 Å². The molecule has 0 saturated heterocycles. The van der Waals surface area contributed by atoms with E-state index < -0.39 is 0 Å². The van der Waals surface area contributed by atoms with Crippen molar-refractivity contribution in [2.75, 3.05) is 18.9 Å². The van der Waals surface area contributed by atoms with Gasteiger partial charge in [0.05, 0.1) is 18.3 Å². The lowest BCUT2D eigenvalue weighted by Crippen LogP contribution is -2.41. The van der Waals surface area contributed by atoms with Gasteiger partial charge in [-0.3, -0.25) is 19.7 Å². The van der Waals surface area contributed by atoms with Gasteiger partial charge in [-0.25, -0.2) is 9.97 Å². The number of benzene rings is 1. The van der Waals surface area contributed by atoms with Crippen molar-refractivity contribution >= 4 is 22.8 Å². The molecule has 1 fully saturated rings. The molecule has 2 aromatic heterocycles. The van der Waals surface area contributed by atoms with E-state index in [0.29, 0.717) is 18.5 Å². The first kappa shape index (κ1) is 16.7. The van der Waals surface area contributed by atoms with Gasteiger partial charge in [0.1, 0.15) is 0 Å². The number of anilines is 1. The molecule has 0 spiro atoms. The summed E-state index contributed by atoms with van der Waals surface area (Å²) in [5.41, 5.74) is 2.86. The third kappa shape index (κ3) is 3.43. The number of nitrogens with zero attached hydrogens (tertiary/aromatic N) is 5. The summed E-state index contributed by atoms with van der Waals surface area (Å²) < 4.78 is 1.77. The largest absolute Gasteiger partial charge is 0.295 e. The van der Waals surface area contributed by atoms with E-state index >= 15 is 0 Å². The molecule has 2 heterocycles. The third-order valence-electron chi connectivity index (χ3n) is 4.96. The van der Waals surface area contributed by atoms with Gasteiger partial charge in [0.25, 0.3) is 0 Å². The van der Waals surface area contributed by atoms with Gasteiger partial charge in [-0.1, -0.05) is 18.6 Å². The van der Waals surface area contributed by atoms with Crippen molar-refractivity contribution < 1.29 is 4.79 Å². The summed E-state index contributed by atoms with van der Waals surface area (Å²) in [6, 6.07) is 6.52. The molecule has 3 aromatic rings. The molecule has 134 valence electrons. The molecule has 7 nitrogen and oxygen atoms in total. The van der Waals surface area contributed by atoms with E-state index in [1.54, 1.807) is 10.9 Å². The summed E-state index contributed by atoms with van der Waals surface area (Å²) in [7, 11) is 3.88. The number of hydrogen-bond donors (Lipinski definition) is 1. The number of rotatable bonds is 5. The van der Waals surface area contributed by atoms with Gasteiger partial charge < -0.3 is 0 Å². The molecule has 1 aliphatic carbocycles. The first-order chi connectivity index (χ1) is 12.6. The van der Waals surface area contributed by atoms with Crippen LogP contribution in [0.5, 0.6) is 0 Å².